The van der Waals surface area contributed by atoms with Crippen LogP contribution in [0.3, 0.4) is 0 Å². The first-order valence-electron chi connectivity index (χ1n) is 10.6. The van der Waals surface area contributed by atoms with Crippen LogP contribution in [0.25, 0.3) is 0 Å². The number of thioether (sulfide) groups is 1. The summed E-state index contributed by atoms with van der Waals surface area (Å²) in [5.41, 5.74) is 1.02. The van der Waals surface area contributed by atoms with Gasteiger partial charge in [0.1, 0.15) is 12.2 Å². The number of benzene rings is 1. The van der Waals surface area contributed by atoms with E-state index < -0.39 is 24.0 Å². The topological polar surface area (TPSA) is 112 Å². The molecule has 0 bridgehead atoms. The van der Waals surface area contributed by atoms with Crippen molar-refractivity contribution in [3.63, 3.8) is 0 Å². The molecule has 8 nitrogen and oxygen atoms in total. The molecule has 0 spiro atoms. The third-order valence-corrected chi connectivity index (χ3v) is 5.59. The van der Waals surface area contributed by atoms with Crippen molar-refractivity contribution in [2.24, 2.45) is 0 Å². The van der Waals surface area contributed by atoms with E-state index in [9.17, 15) is 19.5 Å². The number of aliphatic hydroxyl groups is 1. The number of hydrogen-bond acceptors (Lipinski definition) is 6. The van der Waals surface area contributed by atoms with Gasteiger partial charge >= 0.3 is 0 Å². The lowest BCUT2D eigenvalue weighted by Gasteiger charge is -2.29. The number of aromatic nitrogens is 1. The summed E-state index contributed by atoms with van der Waals surface area (Å²) in [7, 11) is 0. The fourth-order valence-corrected chi connectivity index (χ4v) is 3.63. The Bertz CT molecular complexity index is 911. The maximum Gasteiger partial charge on any atom is 0.270 e. The Kier molecular flexibility index (Phi) is 11.1. The standard InChI is InChI=1S/C24H30N4O4S/c1-3-13-26-21(29)16-28(17-33-4-2)24(32)22(30)20(15-18-10-6-5-7-11-18)27-23(31)19-12-8-9-14-25-19/h3,5-12,14,20,22,30H,1,4,13,15-17H2,2H3,(H,26,29)(H,27,31)/t20-,22-/m0/s1. The van der Waals surface area contributed by atoms with Crippen LogP contribution >= 0.6 is 11.8 Å². The molecule has 2 rings (SSSR count). The van der Waals surface area contributed by atoms with Crippen LogP contribution in [0, 0.1) is 0 Å². The molecular weight excluding hydrogens is 440 g/mol. The minimum absolute atomic E-state index is 0.178. The first kappa shape index (κ1) is 26.1. The van der Waals surface area contributed by atoms with Crippen LogP contribution in [0.5, 0.6) is 0 Å². The molecule has 1 aromatic heterocycles. The van der Waals surface area contributed by atoms with E-state index in [-0.39, 0.29) is 37.0 Å². The van der Waals surface area contributed by atoms with Gasteiger partial charge in [-0.3, -0.25) is 19.4 Å². The number of carbonyl (C=O) groups is 3. The largest absolute Gasteiger partial charge is 0.381 e. The summed E-state index contributed by atoms with van der Waals surface area (Å²) >= 11 is 1.45. The number of hydrogen-bond donors (Lipinski definition) is 3. The van der Waals surface area contributed by atoms with Gasteiger partial charge in [-0.15, -0.1) is 18.3 Å². The van der Waals surface area contributed by atoms with E-state index in [1.165, 1.54) is 22.9 Å². The molecule has 0 fully saturated rings. The lowest BCUT2D eigenvalue weighted by Crippen LogP contribution is -2.54. The van der Waals surface area contributed by atoms with Crippen molar-refractivity contribution in [3.05, 3.63) is 78.6 Å². The predicted octanol–water partition coefficient (Wildman–Crippen LogP) is 1.62. The average Bonchev–Trinajstić information content (AvgIpc) is 2.85. The second kappa shape index (κ2) is 14.1. The zero-order valence-electron chi connectivity index (χ0n) is 18.6. The maximum absolute atomic E-state index is 13.2. The van der Waals surface area contributed by atoms with Crippen molar-refractivity contribution >= 4 is 29.5 Å². The molecule has 0 radical (unpaired) electrons. The van der Waals surface area contributed by atoms with Crippen LogP contribution in [0.1, 0.15) is 23.0 Å². The monoisotopic (exact) mass is 470 g/mol. The normalized spacial score (nSPS) is 12.3. The molecule has 0 unspecified atom stereocenters. The second-order valence-electron chi connectivity index (χ2n) is 7.18. The van der Waals surface area contributed by atoms with Crippen LogP contribution in [0.4, 0.5) is 0 Å². The van der Waals surface area contributed by atoms with Crippen molar-refractivity contribution in [2.45, 2.75) is 25.5 Å². The fraction of sp³-hybridized carbons (Fsp3) is 0.333. The summed E-state index contributed by atoms with van der Waals surface area (Å²) < 4.78 is 0. The van der Waals surface area contributed by atoms with Gasteiger partial charge in [-0.25, -0.2) is 0 Å². The van der Waals surface area contributed by atoms with E-state index in [1.54, 1.807) is 24.3 Å². The molecule has 33 heavy (non-hydrogen) atoms. The highest BCUT2D eigenvalue weighted by atomic mass is 32.2. The summed E-state index contributed by atoms with van der Waals surface area (Å²) in [5, 5.41) is 16.4. The van der Waals surface area contributed by atoms with Crippen LogP contribution < -0.4 is 10.6 Å². The van der Waals surface area contributed by atoms with Crippen molar-refractivity contribution < 1.29 is 19.5 Å². The average molecular weight is 471 g/mol. The van der Waals surface area contributed by atoms with E-state index in [1.807, 2.05) is 37.3 Å². The molecule has 1 aromatic carbocycles. The van der Waals surface area contributed by atoms with E-state index in [2.05, 4.69) is 22.2 Å². The highest BCUT2D eigenvalue weighted by Gasteiger charge is 2.32. The molecule has 1 heterocycles. The third kappa shape index (κ3) is 8.70. The second-order valence-corrected chi connectivity index (χ2v) is 8.42. The number of rotatable bonds is 13. The van der Waals surface area contributed by atoms with Crippen LogP contribution in [0.2, 0.25) is 0 Å². The van der Waals surface area contributed by atoms with Gasteiger partial charge in [0.05, 0.1) is 11.9 Å². The summed E-state index contributed by atoms with van der Waals surface area (Å²) in [6, 6.07) is 13.3. The molecule has 0 aliphatic heterocycles. The van der Waals surface area contributed by atoms with Gasteiger partial charge in [0.2, 0.25) is 5.91 Å². The van der Waals surface area contributed by atoms with Crippen molar-refractivity contribution in [3.8, 4) is 0 Å². The van der Waals surface area contributed by atoms with Gasteiger partial charge in [0.25, 0.3) is 11.8 Å². The van der Waals surface area contributed by atoms with Gasteiger partial charge < -0.3 is 20.6 Å². The lowest BCUT2D eigenvalue weighted by atomic mass is 10.00. The minimum atomic E-state index is -1.55. The Morgan fingerprint density at radius 2 is 1.91 bits per heavy atom. The molecule has 2 aromatic rings. The Labute approximate surface area is 198 Å². The van der Waals surface area contributed by atoms with Crippen molar-refractivity contribution in [1.82, 2.24) is 20.5 Å². The highest BCUT2D eigenvalue weighted by Crippen LogP contribution is 2.12. The Balaban J connectivity index is 2.22. The zero-order chi connectivity index (χ0) is 24.1. The third-order valence-electron chi connectivity index (χ3n) is 4.69. The quantitative estimate of drug-likeness (QED) is 0.303. The maximum atomic E-state index is 13.2. The fourth-order valence-electron chi connectivity index (χ4n) is 3.01. The van der Waals surface area contributed by atoms with E-state index in [0.29, 0.717) is 0 Å². The van der Waals surface area contributed by atoms with Gasteiger partial charge in [-0.1, -0.05) is 49.4 Å². The number of nitrogens with one attached hydrogen (secondary N) is 2. The lowest BCUT2D eigenvalue weighted by molar-refractivity contribution is -0.143. The van der Waals surface area contributed by atoms with E-state index in [0.717, 1.165) is 11.3 Å². The van der Waals surface area contributed by atoms with Gasteiger partial charge in [0, 0.05) is 12.7 Å². The molecular formula is C24H30N4O4S. The van der Waals surface area contributed by atoms with Crippen LogP contribution in [-0.4, -0.2) is 69.6 Å². The Morgan fingerprint density at radius 1 is 1.18 bits per heavy atom. The van der Waals surface area contributed by atoms with Crippen LogP contribution in [-0.2, 0) is 16.0 Å². The molecule has 0 aliphatic carbocycles. The number of nitrogens with zero attached hydrogens (tertiary/aromatic N) is 2. The first-order chi connectivity index (χ1) is 16.0. The number of aliphatic hydroxyl groups excluding tert-OH is 1. The molecule has 9 heteroatoms. The van der Waals surface area contributed by atoms with E-state index in [4.69, 9.17) is 0 Å². The minimum Gasteiger partial charge on any atom is -0.381 e. The predicted molar refractivity (Wildman–Crippen MR) is 130 cm³/mol. The summed E-state index contributed by atoms with van der Waals surface area (Å²) in [6.45, 7) is 5.57. The summed E-state index contributed by atoms with van der Waals surface area (Å²) in [6.07, 6.45) is 1.71. The summed E-state index contributed by atoms with van der Waals surface area (Å²) in [4.78, 5) is 43.5. The first-order valence-corrected chi connectivity index (χ1v) is 11.8. The molecule has 3 amide bonds. The summed E-state index contributed by atoms with van der Waals surface area (Å²) in [5.74, 6) is -0.518. The van der Waals surface area contributed by atoms with Gasteiger partial charge in [-0.05, 0) is 29.9 Å². The number of carbonyl (C=O) groups excluding carboxylic acids is 3. The molecule has 0 aliphatic rings. The number of amides is 3. The van der Waals surface area contributed by atoms with Gasteiger partial charge in [-0.2, -0.15) is 0 Å². The van der Waals surface area contributed by atoms with Crippen molar-refractivity contribution in [2.75, 3.05) is 24.7 Å². The number of pyridine rings is 1. The molecule has 0 saturated heterocycles. The smallest absolute Gasteiger partial charge is 0.270 e. The molecule has 2 atom stereocenters. The van der Waals surface area contributed by atoms with Crippen LogP contribution in [0.15, 0.2) is 67.4 Å². The molecule has 0 saturated carbocycles. The Morgan fingerprint density at radius 3 is 2.55 bits per heavy atom. The van der Waals surface area contributed by atoms with Gasteiger partial charge in [0.15, 0.2) is 6.10 Å². The Hall–Kier alpha value is -3.17. The molecule has 3 N–H and O–H groups in total. The van der Waals surface area contributed by atoms with Crippen molar-refractivity contribution in [1.29, 1.82) is 0 Å². The zero-order valence-corrected chi connectivity index (χ0v) is 19.5. The van der Waals surface area contributed by atoms with E-state index >= 15 is 0 Å². The highest BCUT2D eigenvalue weighted by molar-refractivity contribution is 7.99. The SMILES string of the molecule is C=CCNC(=O)CN(CSCC)C(=O)[C@@H](O)[C@H](Cc1ccccc1)NC(=O)c1ccccn1. The molecule has 176 valence electrons.